The van der Waals surface area contributed by atoms with Crippen LogP contribution in [0.1, 0.15) is 29.5 Å². The van der Waals surface area contributed by atoms with Crippen molar-refractivity contribution in [2.24, 2.45) is 5.92 Å². The fourth-order valence-electron chi connectivity index (χ4n) is 4.15. The molecule has 0 unspecified atom stereocenters. The van der Waals surface area contributed by atoms with Crippen LogP contribution in [0.15, 0.2) is 84.9 Å². The number of nitrogens with one attached hydrogen (secondary N) is 3. The Morgan fingerprint density at radius 2 is 1.50 bits per heavy atom. The number of nitrogens with zero attached hydrogens (tertiary/aromatic N) is 1. The lowest BCUT2D eigenvalue weighted by Gasteiger charge is -2.28. The number of rotatable bonds is 6. The SMILES string of the molecule is N=C1NC(c2ccccc2)(c2ccccc2)C(=O)N1Cc1ccc(NC(=O)C2CC2)cc1. The summed E-state index contributed by atoms with van der Waals surface area (Å²) < 4.78 is 0. The van der Waals surface area contributed by atoms with Gasteiger partial charge in [-0.2, -0.15) is 0 Å². The third-order valence-corrected chi connectivity index (χ3v) is 6.07. The van der Waals surface area contributed by atoms with E-state index in [0.29, 0.717) is 0 Å². The minimum atomic E-state index is -1.14. The average molecular weight is 425 g/mol. The fourth-order valence-corrected chi connectivity index (χ4v) is 4.15. The van der Waals surface area contributed by atoms with Crippen molar-refractivity contribution in [2.75, 3.05) is 5.32 Å². The van der Waals surface area contributed by atoms with Gasteiger partial charge in [0.25, 0.3) is 5.91 Å². The summed E-state index contributed by atoms with van der Waals surface area (Å²) in [5.41, 5.74) is 2.07. The van der Waals surface area contributed by atoms with Crippen molar-refractivity contribution in [1.29, 1.82) is 5.41 Å². The summed E-state index contributed by atoms with van der Waals surface area (Å²) >= 11 is 0. The van der Waals surface area contributed by atoms with E-state index in [2.05, 4.69) is 10.6 Å². The molecule has 2 aliphatic rings. The van der Waals surface area contributed by atoms with E-state index in [9.17, 15) is 9.59 Å². The summed E-state index contributed by atoms with van der Waals surface area (Å²) in [6.07, 6.45) is 1.92. The molecule has 1 aliphatic heterocycles. The first kappa shape index (κ1) is 20.0. The summed E-state index contributed by atoms with van der Waals surface area (Å²) in [4.78, 5) is 27.2. The standard InChI is InChI=1S/C26H24N4O2/c27-25-29-26(20-7-3-1-4-8-20,21-9-5-2-6-10-21)24(32)30(25)17-18-11-15-22(16-12-18)28-23(31)19-13-14-19/h1-12,15-16,19H,13-14,17H2,(H2,27,29)(H,28,31). The highest BCUT2D eigenvalue weighted by Crippen LogP contribution is 2.36. The number of carbonyl (C=O) groups is 2. The van der Waals surface area contributed by atoms with Gasteiger partial charge in [-0.3, -0.25) is 19.9 Å². The zero-order chi connectivity index (χ0) is 22.1. The summed E-state index contributed by atoms with van der Waals surface area (Å²) in [5, 5.41) is 14.7. The molecule has 0 spiro atoms. The van der Waals surface area contributed by atoms with Gasteiger partial charge in [-0.1, -0.05) is 72.8 Å². The molecule has 2 amide bonds. The molecule has 3 aromatic rings. The molecule has 3 N–H and O–H groups in total. The van der Waals surface area contributed by atoms with Crippen LogP contribution in [0.4, 0.5) is 5.69 Å². The molecule has 32 heavy (non-hydrogen) atoms. The Kier molecular flexibility index (Phi) is 4.98. The molecule has 1 heterocycles. The molecule has 1 saturated carbocycles. The van der Waals surface area contributed by atoms with Crippen LogP contribution in [0.2, 0.25) is 0 Å². The molecule has 6 nitrogen and oxygen atoms in total. The zero-order valence-corrected chi connectivity index (χ0v) is 17.5. The Balaban J connectivity index is 1.41. The highest BCUT2D eigenvalue weighted by atomic mass is 16.2. The van der Waals surface area contributed by atoms with Gasteiger partial charge in [0.1, 0.15) is 0 Å². The topological polar surface area (TPSA) is 85.3 Å². The number of carbonyl (C=O) groups excluding carboxylic acids is 2. The van der Waals surface area contributed by atoms with Crippen LogP contribution in [0, 0.1) is 11.3 Å². The van der Waals surface area contributed by atoms with E-state index in [-0.39, 0.29) is 30.2 Å². The molecule has 160 valence electrons. The Labute approximate surface area is 186 Å². The fraction of sp³-hybridized carbons (Fsp3) is 0.192. The molecule has 0 aromatic heterocycles. The average Bonchev–Trinajstić information content (AvgIpc) is 3.65. The molecule has 6 heteroatoms. The molecule has 1 aliphatic carbocycles. The minimum absolute atomic E-state index is 0.0637. The van der Waals surface area contributed by atoms with Crippen LogP contribution in [0.25, 0.3) is 0 Å². The lowest BCUT2D eigenvalue weighted by atomic mass is 9.82. The second kappa shape index (κ2) is 7.96. The van der Waals surface area contributed by atoms with E-state index < -0.39 is 5.54 Å². The third kappa shape index (κ3) is 3.54. The van der Waals surface area contributed by atoms with Gasteiger partial charge in [-0.15, -0.1) is 0 Å². The molecular weight excluding hydrogens is 400 g/mol. The number of guanidine groups is 1. The van der Waals surface area contributed by atoms with E-state index in [1.807, 2.05) is 84.9 Å². The number of anilines is 1. The van der Waals surface area contributed by atoms with Gasteiger partial charge < -0.3 is 10.6 Å². The Hall–Kier alpha value is -3.93. The third-order valence-electron chi connectivity index (χ3n) is 6.07. The second-order valence-electron chi connectivity index (χ2n) is 8.31. The minimum Gasteiger partial charge on any atom is -0.334 e. The van der Waals surface area contributed by atoms with E-state index in [0.717, 1.165) is 35.2 Å². The predicted octanol–water partition coefficient (Wildman–Crippen LogP) is 3.85. The van der Waals surface area contributed by atoms with Gasteiger partial charge in [0.15, 0.2) is 11.5 Å². The van der Waals surface area contributed by atoms with Crippen molar-refractivity contribution in [3.05, 3.63) is 102 Å². The largest absolute Gasteiger partial charge is 0.334 e. The molecule has 0 bridgehead atoms. The number of hydrogen-bond acceptors (Lipinski definition) is 3. The van der Waals surface area contributed by atoms with Crippen LogP contribution < -0.4 is 10.6 Å². The van der Waals surface area contributed by atoms with Crippen molar-refractivity contribution < 1.29 is 9.59 Å². The quantitative estimate of drug-likeness (QED) is 0.562. The van der Waals surface area contributed by atoms with Crippen LogP contribution in [-0.4, -0.2) is 22.7 Å². The second-order valence-corrected chi connectivity index (χ2v) is 8.31. The Bertz CT molecular complexity index is 1120. The van der Waals surface area contributed by atoms with Crippen molar-refractivity contribution in [3.63, 3.8) is 0 Å². The van der Waals surface area contributed by atoms with Crippen molar-refractivity contribution in [2.45, 2.75) is 24.9 Å². The van der Waals surface area contributed by atoms with Crippen molar-refractivity contribution in [1.82, 2.24) is 10.2 Å². The van der Waals surface area contributed by atoms with Crippen LogP contribution in [0.5, 0.6) is 0 Å². The molecule has 0 atom stereocenters. The van der Waals surface area contributed by atoms with Gasteiger partial charge in [-0.05, 0) is 41.7 Å². The maximum atomic E-state index is 13.8. The van der Waals surface area contributed by atoms with Crippen molar-refractivity contribution in [3.8, 4) is 0 Å². The number of benzene rings is 3. The number of amides is 2. The van der Waals surface area contributed by atoms with Gasteiger partial charge in [-0.25, -0.2) is 0 Å². The lowest BCUT2D eigenvalue weighted by Crippen LogP contribution is -2.45. The van der Waals surface area contributed by atoms with Gasteiger partial charge >= 0.3 is 0 Å². The summed E-state index contributed by atoms with van der Waals surface area (Å²) in [5.74, 6) is 0.0846. The van der Waals surface area contributed by atoms with E-state index >= 15 is 0 Å². The monoisotopic (exact) mass is 424 g/mol. The molecule has 2 fully saturated rings. The molecule has 0 radical (unpaired) electrons. The first-order chi connectivity index (χ1) is 15.6. The van der Waals surface area contributed by atoms with Crippen molar-refractivity contribution >= 4 is 23.5 Å². The summed E-state index contributed by atoms with van der Waals surface area (Å²) in [6, 6.07) is 26.5. The molecule has 1 saturated heterocycles. The molecular formula is C26H24N4O2. The van der Waals surface area contributed by atoms with E-state index in [4.69, 9.17) is 5.41 Å². The van der Waals surface area contributed by atoms with Gasteiger partial charge in [0.2, 0.25) is 5.91 Å². The molecule has 5 rings (SSSR count). The summed E-state index contributed by atoms with van der Waals surface area (Å²) in [7, 11) is 0. The highest BCUT2D eigenvalue weighted by Gasteiger charge is 2.52. The van der Waals surface area contributed by atoms with Crippen LogP contribution >= 0.6 is 0 Å². The van der Waals surface area contributed by atoms with Gasteiger partial charge in [0, 0.05) is 11.6 Å². The van der Waals surface area contributed by atoms with E-state index in [1.54, 1.807) is 0 Å². The molecule has 3 aromatic carbocycles. The Morgan fingerprint density at radius 1 is 0.938 bits per heavy atom. The first-order valence-corrected chi connectivity index (χ1v) is 10.8. The lowest BCUT2D eigenvalue weighted by molar-refractivity contribution is -0.130. The number of hydrogen-bond donors (Lipinski definition) is 3. The van der Waals surface area contributed by atoms with Gasteiger partial charge in [0.05, 0.1) is 6.54 Å². The maximum Gasteiger partial charge on any atom is 0.264 e. The van der Waals surface area contributed by atoms with Crippen LogP contribution in [0.3, 0.4) is 0 Å². The highest BCUT2D eigenvalue weighted by molar-refractivity contribution is 6.10. The van der Waals surface area contributed by atoms with Crippen LogP contribution in [-0.2, 0) is 21.7 Å². The summed E-state index contributed by atoms with van der Waals surface area (Å²) in [6.45, 7) is 0.267. The normalized spacial score (nSPS) is 17.2. The maximum absolute atomic E-state index is 13.8. The predicted molar refractivity (Wildman–Crippen MR) is 123 cm³/mol. The Morgan fingerprint density at radius 3 is 2.03 bits per heavy atom. The smallest absolute Gasteiger partial charge is 0.264 e. The van der Waals surface area contributed by atoms with E-state index in [1.165, 1.54) is 4.90 Å². The zero-order valence-electron chi connectivity index (χ0n) is 17.5. The first-order valence-electron chi connectivity index (χ1n) is 10.8.